The summed E-state index contributed by atoms with van der Waals surface area (Å²) in [6, 6.07) is 10.6. The monoisotopic (exact) mass is 416 g/mol. The molecule has 1 aliphatic rings. The van der Waals surface area contributed by atoms with Gasteiger partial charge in [0.15, 0.2) is 0 Å². The Morgan fingerprint density at radius 3 is 2.81 bits per heavy atom. The predicted octanol–water partition coefficient (Wildman–Crippen LogP) is 3.03. The van der Waals surface area contributed by atoms with Gasteiger partial charge >= 0.3 is 6.01 Å². The van der Waals surface area contributed by atoms with Crippen LogP contribution in [0.15, 0.2) is 53.2 Å². The molecule has 0 amide bonds. The Morgan fingerprint density at radius 2 is 2.00 bits per heavy atom. The molecule has 2 atom stereocenters. The Kier molecular flexibility index (Phi) is 3.87. The quantitative estimate of drug-likeness (QED) is 0.355. The van der Waals surface area contributed by atoms with Crippen molar-refractivity contribution in [1.29, 1.82) is 0 Å². The number of aromatic nitrogens is 6. The Labute approximate surface area is 174 Å². The highest BCUT2D eigenvalue weighted by atomic mass is 19.1. The van der Waals surface area contributed by atoms with Crippen LogP contribution in [0.3, 0.4) is 0 Å². The number of aromatic amines is 2. The van der Waals surface area contributed by atoms with Gasteiger partial charge in [0.2, 0.25) is 5.89 Å². The number of anilines is 1. The number of pyridine rings is 1. The Bertz CT molecular complexity index is 1390. The lowest BCUT2D eigenvalue weighted by Gasteiger charge is -2.28. The average molecular weight is 416 g/mol. The second-order valence-corrected chi connectivity index (χ2v) is 7.43. The van der Waals surface area contributed by atoms with E-state index in [1.54, 1.807) is 12.3 Å². The minimum atomic E-state index is -0.387. The second-order valence-electron chi connectivity index (χ2n) is 7.43. The van der Waals surface area contributed by atoms with Gasteiger partial charge in [-0.2, -0.15) is 0 Å². The number of para-hydroxylation sites is 1. The molecule has 10 heteroatoms. The van der Waals surface area contributed by atoms with Gasteiger partial charge in [-0.3, -0.25) is 10.3 Å². The third-order valence-corrected chi connectivity index (χ3v) is 5.53. The molecule has 0 saturated heterocycles. The first-order chi connectivity index (χ1) is 15.2. The maximum Gasteiger partial charge on any atom is 0.312 e. The van der Waals surface area contributed by atoms with Crippen molar-refractivity contribution in [2.75, 3.05) is 5.73 Å². The zero-order valence-electron chi connectivity index (χ0n) is 16.1. The number of nitrogens with two attached hydrogens (primary N) is 1. The van der Waals surface area contributed by atoms with E-state index in [1.807, 2.05) is 18.2 Å². The molecule has 0 radical (unpaired) electrons. The molecule has 0 fully saturated rings. The van der Waals surface area contributed by atoms with Crippen molar-refractivity contribution in [2.45, 2.75) is 18.5 Å². The van der Waals surface area contributed by atoms with Gasteiger partial charge in [-0.15, -0.1) is 5.10 Å². The van der Waals surface area contributed by atoms with E-state index in [-0.39, 0.29) is 23.9 Å². The summed E-state index contributed by atoms with van der Waals surface area (Å²) in [5.41, 5.74) is 10.1. The van der Waals surface area contributed by atoms with Gasteiger partial charge in [0, 0.05) is 22.8 Å². The van der Waals surface area contributed by atoms with Crippen molar-refractivity contribution in [3.8, 4) is 11.4 Å². The van der Waals surface area contributed by atoms with Crippen LogP contribution < -0.4 is 11.1 Å². The number of H-pyrrole nitrogens is 2. The van der Waals surface area contributed by atoms with Gasteiger partial charge in [-0.25, -0.2) is 9.37 Å². The topological polar surface area (TPSA) is 134 Å². The number of halogens is 1. The summed E-state index contributed by atoms with van der Waals surface area (Å²) in [4.78, 5) is 15.5. The molecule has 0 bridgehead atoms. The number of nitrogens with one attached hydrogen (secondary N) is 3. The first kappa shape index (κ1) is 17.8. The van der Waals surface area contributed by atoms with Crippen LogP contribution in [0.25, 0.3) is 22.3 Å². The molecule has 1 aliphatic heterocycles. The summed E-state index contributed by atoms with van der Waals surface area (Å²) in [6.45, 7) is 0. The summed E-state index contributed by atoms with van der Waals surface area (Å²) in [6.07, 6.45) is 3.64. The van der Waals surface area contributed by atoms with Crippen LogP contribution in [0, 0.1) is 5.82 Å². The van der Waals surface area contributed by atoms with Crippen LogP contribution in [0.4, 0.5) is 10.4 Å². The highest BCUT2D eigenvalue weighted by Crippen LogP contribution is 2.38. The van der Waals surface area contributed by atoms with E-state index in [0.717, 1.165) is 28.0 Å². The van der Waals surface area contributed by atoms with Crippen LogP contribution in [0.5, 0.6) is 0 Å². The lowest BCUT2D eigenvalue weighted by Crippen LogP contribution is -2.34. The molecule has 6 rings (SSSR count). The number of fused-ring (bicyclic) bond motifs is 3. The highest BCUT2D eigenvalue weighted by molar-refractivity contribution is 5.85. The van der Waals surface area contributed by atoms with Gasteiger partial charge < -0.3 is 20.1 Å². The first-order valence-electron chi connectivity index (χ1n) is 9.77. The van der Waals surface area contributed by atoms with Crippen LogP contribution in [0.2, 0.25) is 0 Å². The summed E-state index contributed by atoms with van der Waals surface area (Å²) in [7, 11) is 0. The zero-order valence-corrected chi connectivity index (χ0v) is 16.1. The molecule has 9 nitrogen and oxygen atoms in total. The van der Waals surface area contributed by atoms with E-state index < -0.39 is 0 Å². The summed E-state index contributed by atoms with van der Waals surface area (Å²) >= 11 is 0. The summed E-state index contributed by atoms with van der Waals surface area (Å²) < 4.78 is 18.8. The summed E-state index contributed by atoms with van der Waals surface area (Å²) in [5.74, 6) is 0.721. The molecule has 1 unspecified atom stereocenters. The molecule has 154 valence electrons. The molecule has 5 N–H and O–H groups in total. The van der Waals surface area contributed by atoms with Crippen molar-refractivity contribution >= 4 is 16.9 Å². The SMILES string of the molecule is Nc1nnc(C2N[C@@H](c3nc(-c4ccc(F)cn4)c[nH]3)Cc3c2[nH]c2ccccc32)o1. The Balaban J connectivity index is 1.42. The molecule has 4 aromatic heterocycles. The smallest absolute Gasteiger partial charge is 0.312 e. The fourth-order valence-corrected chi connectivity index (χ4v) is 4.14. The molecule has 5 heterocycles. The van der Waals surface area contributed by atoms with Crippen molar-refractivity contribution in [3.05, 3.63) is 77.6 Å². The lowest BCUT2D eigenvalue weighted by atomic mass is 9.93. The third kappa shape index (κ3) is 2.96. The highest BCUT2D eigenvalue weighted by Gasteiger charge is 2.35. The average Bonchev–Trinajstić information content (AvgIpc) is 3.52. The van der Waals surface area contributed by atoms with E-state index in [4.69, 9.17) is 15.1 Å². The van der Waals surface area contributed by atoms with E-state index in [2.05, 4.69) is 36.5 Å². The van der Waals surface area contributed by atoms with E-state index in [9.17, 15) is 4.39 Å². The van der Waals surface area contributed by atoms with Crippen molar-refractivity contribution in [3.63, 3.8) is 0 Å². The number of imidazole rings is 1. The van der Waals surface area contributed by atoms with E-state index in [0.29, 0.717) is 23.7 Å². The van der Waals surface area contributed by atoms with Crippen LogP contribution in [-0.4, -0.2) is 30.1 Å². The number of hydrogen-bond acceptors (Lipinski definition) is 7. The Morgan fingerprint density at radius 1 is 1.10 bits per heavy atom. The lowest BCUT2D eigenvalue weighted by molar-refractivity contribution is 0.370. The maximum absolute atomic E-state index is 13.2. The van der Waals surface area contributed by atoms with Gasteiger partial charge in [0.1, 0.15) is 23.4 Å². The number of hydrogen-bond donors (Lipinski definition) is 4. The minimum Gasteiger partial charge on any atom is -0.406 e. The van der Waals surface area contributed by atoms with Gasteiger partial charge in [-0.1, -0.05) is 23.3 Å². The molecule has 0 aliphatic carbocycles. The maximum atomic E-state index is 13.2. The Hall–Kier alpha value is -4.05. The van der Waals surface area contributed by atoms with Crippen molar-refractivity contribution < 1.29 is 8.81 Å². The number of nitrogens with zero attached hydrogens (tertiary/aromatic N) is 4. The standard InChI is InChI=1S/C21H17FN8O/c22-10-5-6-14(24-8-10)16-9-25-19(28-16)15-7-12-11-3-1-2-4-13(11)26-17(12)18(27-15)20-29-30-21(23)31-20/h1-6,8-9,15,18,26-27H,7H2,(H2,23,30)(H,25,28)/t15-,18?/m1/s1. The van der Waals surface area contributed by atoms with Gasteiger partial charge in [0.25, 0.3) is 0 Å². The molecule has 5 aromatic rings. The molecular weight excluding hydrogens is 399 g/mol. The van der Waals surface area contributed by atoms with E-state index in [1.165, 1.54) is 12.3 Å². The van der Waals surface area contributed by atoms with Crippen LogP contribution in [-0.2, 0) is 6.42 Å². The predicted molar refractivity (Wildman–Crippen MR) is 110 cm³/mol. The third-order valence-electron chi connectivity index (χ3n) is 5.53. The number of nitrogen functional groups attached to an aromatic ring is 1. The molecule has 0 saturated carbocycles. The van der Waals surface area contributed by atoms with Gasteiger partial charge in [-0.05, 0) is 30.2 Å². The second kappa shape index (κ2) is 6.74. The number of benzene rings is 1. The van der Waals surface area contributed by atoms with E-state index >= 15 is 0 Å². The molecule has 31 heavy (non-hydrogen) atoms. The molecular formula is C21H17FN8O. The fourth-order valence-electron chi connectivity index (χ4n) is 4.14. The molecule has 0 spiro atoms. The number of rotatable bonds is 3. The van der Waals surface area contributed by atoms with Crippen molar-refractivity contribution in [1.82, 2.24) is 35.5 Å². The summed E-state index contributed by atoms with van der Waals surface area (Å²) in [5, 5.41) is 12.6. The minimum absolute atomic E-state index is 0.0132. The normalized spacial score (nSPS) is 18.4. The van der Waals surface area contributed by atoms with Crippen molar-refractivity contribution in [2.24, 2.45) is 0 Å². The zero-order chi connectivity index (χ0) is 20.9. The van der Waals surface area contributed by atoms with Crippen LogP contribution in [0.1, 0.15) is 35.1 Å². The van der Waals surface area contributed by atoms with Gasteiger partial charge in [0.05, 0.1) is 17.9 Å². The fraction of sp³-hybridized carbons (Fsp3) is 0.143. The van der Waals surface area contributed by atoms with Crippen LogP contribution >= 0.6 is 0 Å². The molecule has 1 aromatic carbocycles. The first-order valence-corrected chi connectivity index (χ1v) is 9.77. The largest absolute Gasteiger partial charge is 0.406 e.